The molecule has 2 atom stereocenters. The maximum absolute atomic E-state index is 9.54. The van der Waals surface area contributed by atoms with Gasteiger partial charge < -0.3 is 9.84 Å². The first-order chi connectivity index (χ1) is 6.29. The largest absolute Gasteiger partial charge is 0.393 e. The summed E-state index contributed by atoms with van der Waals surface area (Å²) in [5, 5.41) is 9.54. The standard InChI is InChI=1S/C11H14O2/c1-8(12)11-7-13-6-9-4-2-3-5-10(9)11/h2-5,8,11-12H,6-7H2,1H3. The van der Waals surface area contributed by atoms with Gasteiger partial charge in [-0.1, -0.05) is 24.3 Å². The van der Waals surface area contributed by atoms with E-state index in [1.54, 1.807) is 0 Å². The highest BCUT2D eigenvalue weighted by molar-refractivity contribution is 5.32. The van der Waals surface area contributed by atoms with E-state index in [4.69, 9.17) is 4.74 Å². The summed E-state index contributed by atoms with van der Waals surface area (Å²) in [5.41, 5.74) is 2.45. The molecule has 0 saturated heterocycles. The van der Waals surface area contributed by atoms with Crippen LogP contribution in [0.25, 0.3) is 0 Å². The maximum atomic E-state index is 9.54. The lowest BCUT2D eigenvalue weighted by Gasteiger charge is -2.27. The number of fused-ring (bicyclic) bond motifs is 1. The normalized spacial score (nSPS) is 23.7. The zero-order chi connectivity index (χ0) is 9.26. The smallest absolute Gasteiger partial charge is 0.0719 e. The molecule has 1 N–H and O–H groups in total. The first kappa shape index (κ1) is 8.73. The van der Waals surface area contributed by atoms with Crippen LogP contribution in [0.5, 0.6) is 0 Å². The summed E-state index contributed by atoms with van der Waals surface area (Å²) in [5.74, 6) is 0.143. The summed E-state index contributed by atoms with van der Waals surface area (Å²) < 4.78 is 5.41. The molecule has 0 amide bonds. The first-order valence-corrected chi connectivity index (χ1v) is 4.62. The highest BCUT2D eigenvalue weighted by Gasteiger charge is 2.23. The van der Waals surface area contributed by atoms with E-state index in [0.29, 0.717) is 13.2 Å². The van der Waals surface area contributed by atoms with Crippen LogP contribution >= 0.6 is 0 Å². The molecule has 0 aromatic heterocycles. The Hall–Kier alpha value is -0.860. The summed E-state index contributed by atoms with van der Waals surface area (Å²) in [6.45, 7) is 3.13. The van der Waals surface area contributed by atoms with Gasteiger partial charge in [-0.05, 0) is 18.1 Å². The Morgan fingerprint density at radius 2 is 2.23 bits per heavy atom. The van der Waals surface area contributed by atoms with Crippen molar-refractivity contribution in [3.05, 3.63) is 35.4 Å². The minimum absolute atomic E-state index is 0.143. The van der Waals surface area contributed by atoms with Crippen molar-refractivity contribution in [3.63, 3.8) is 0 Å². The second kappa shape index (κ2) is 3.48. The third-order valence-corrected chi connectivity index (χ3v) is 2.59. The summed E-state index contributed by atoms with van der Waals surface area (Å²) in [6, 6.07) is 8.16. The molecule has 2 unspecified atom stereocenters. The Kier molecular flexibility index (Phi) is 2.34. The topological polar surface area (TPSA) is 29.5 Å². The van der Waals surface area contributed by atoms with E-state index >= 15 is 0 Å². The third kappa shape index (κ3) is 1.60. The average Bonchev–Trinajstić information content (AvgIpc) is 2.17. The second-order valence-corrected chi connectivity index (χ2v) is 3.56. The lowest BCUT2D eigenvalue weighted by atomic mass is 9.89. The van der Waals surface area contributed by atoms with E-state index in [-0.39, 0.29) is 12.0 Å². The Morgan fingerprint density at radius 3 is 3.00 bits per heavy atom. The van der Waals surface area contributed by atoms with Gasteiger partial charge in [-0.2, -0.15) is 0 Å². The van der Waals surface area contributed by atoms with Gasteiger partial charge in [-0.15, -0.1) is 0 Å². The van der Waals surface area contributed by atoms with Crippen LogP contribution in [-0.2, 0) is 11.3 Å². The molecule has 13 heavy (non-hydrogen) atoms. The third-order valence-electron chi connectivity index (χ3n) is 2.59. The van der Waals surface area contributed by atoms with E-state index < -0.39 is 0 Å². The van der Waals surface area contributed by atoms with E-state index in [1.807, 2.05) is 19.1 Å². The lowest BCUT2D eigenvalue weighted by Crippen LogP contribution is -2.25. The number of aliphatic hydroxyl groups excluding tert-OH is 1. The number of aliphatic hydroxyl groups is 1. The van der Waals surface area contributed by atoms with Crippen LogP contribution in [0.1, 0.15) is 24.0 Å². The van der Waals surface area contributed by atoms with Crippen LogP contribution < -0.4 is 0 Å². The van der Waals surface area contributed by atoms with Crippen molar-refractivity contribution in [2.45, 2.75) is 25.6 Å². The predicted molar refractivity (Wildman–Crippen MR) is 50.5 cm³/mol. The Balaban J connectivity index is 2.37. The molecule has 70 valence electrons. The van der Waals surface area contributed by atoms with Crippen molar-refractivity contribution in [1.82, 2.24) is 0 Å². The van der Waals surface area contributed by atoms with Crippen molar-refractivity contribution in [1.29, 1.82) is 0 Å². The van der Waals surface area contributed by atoms with Crippen LogP contribution in [0, 0.1) is 0 Å². The van der Waals surface area contributed by atoms with Gasteiger partial charge in [0.05, 0.1) is 19.3 Å². The second-order valence-electron chi connectivity index (χ2n) is 3.56. The molecule has 0 bridgehead atoms. The zero-order valence-corrected chi connectivity index (χ0v) is 7.73. The van der Waals surface area contributed by atoms with Gasteiger partial charge in [0.25, 0.3) is 0 Å². The number of ether oxygens (including phenoxy) is 1. The molecular formula is C11H14O2. The van der Waals surface area contributed by atoms with Crippen molar-refractivity contribution >= 4 is 0 Å². The molecule has 0 radical (unpaired) electrons. The fourth-order valence-electron chi connectivity index (χ4n) is 1.81. The SMILES string of the molecule is CC(O)C1COCc2ccccc21. The molecule has 1 aliphatic heterocycles. The molecular weight excluding hydrogens is 164 g/mol. The minimum Gasteiger partial charge on any atom is -0.393 e. The fraction of sp³-hybridized carbons (Fsp3) is 0.455. The molecule has 2 nitrogen and oxygen atoms in total. The lowest BCUT2D eigenvalue weighted by molar-refractivity contribution is 0.0447. The predicted octanol–water partition coefficient (Wildman–Crippen LogP) is 1.68. The van der Waals surface area contributed by atoms with Crippen LogP contribution in [-0.4, -0.2) is 17.8 Å². The minimum atomic E-state index is -0.332. The number of hydrogen-bond acceptors (Lipinski definition) is 2. The molecule has 2 rings (SSSR count). The van der Waals surface area contributed by atoms with E-state index in [0.717, 1.165) is 0 Å². The van der Waals surface area contributed by atoms with E-state index in [1.165, 1.54) is 11.1 Å². The van der Waals surface area contributed by atoms with Gasteiger partial charge in [0.1, 0.15) is 0 Å². The van der Waals surface area contributed by atoms with Crippen molar-refractivity contribution in [3.8, 4) is 0 Å². The highest BCUT2D eigenvalue weighted by atomic mass is 16.5. The van der Waals surface area contributed by atoms with Crippen molar-refractivity contribution in [2.75, 3.05) is 6.61 Å². The molecule has 0 saturated carbocycles. The highest BCUT2D eigenvalue weighted by Crippen LogP contribution is 2.28. The van der Waals surface area contributed by atoms with Gasteiger partial charge in [-0.25, -0.2) is 0 Å². The van der Waals surface area contributed by atoms with Crippen molar-refractivity contribution in [2.24, 2.45) is 0 Å². The van der Waals surface area contributed by atoms with Crippen LogP contribution in [0.15, 0.2) is 24.3 Å². The summed E-state index contributed by atoms with van der Waals surface area (Å²) in [4.78, 5) is 0. The van der Waals surface area contributed by atoms with Crippen molar-refractivity contribution < 1.29 is 9.84 Å². The maximum Gasteiger partial charge on any atom is 0.0719 e. The molecule has 1 aromatic carbocycles. The number of hydrogen-bond donors (Lipinski definition) is 1. The molecule has 0 spiro atoms. The van der Waals surface area contributed by atoms with E-state index in [2.05, 4.69) is 12.1 Å². The number of benzene rings is 1. The molecule has 0 fully saturated rings. The molecule has 1 aliphatic rings. The molecule has 1 heterocycles. The quantitative estimate of drug-likeness (QED) is 0.709. The molecule has 2 heteroatoms. The van der Waals surface area contributed by atoms with Crippen LogP contribution in [0.4, 0.5) is 0 Å². The van der Waals surface area contributed by atoms with Gasteiger partial charge in [0.2, 0.25) is 0 Å². The first-order valence-electron chi connectivity index (χ1n) is 4.62. The van der Waals surface area contributed by atoms with Crippen LogP contribution in [0.3, 0.4) is 0 Å². The average molecular weight is 178 g/mol. The summed E-state index contributed by atoms with van der Waals surface area (Å²) >= 11 is 0. The summed E-state index contributed by atoms with van der Waals surface area (Å²) in [7, 11) is 0. The van der Waals surface area contributed by atoms with Gasteiger partial charge in [0.15, 0.2) is 0 Å². The Bertz CT molecular complexity index is 294. The van der Waals surface area contributed by atoms with Crippen LogP contribution in [0.2, 0.25) is 0 Å². The van der Waals surface area contributed by atoms with Gasteiger partial charge in [-0.3, -0.25) is 0 Å². The monoisotopic (exact) mass is 178 g/mol. The molecule has 1 aromatic rings. The Morgan fingerprint density at radius 1 is 1.46 bits per heavy atom. The Labute approximate surface area is 78.2 Å². The number of rotatable bonds is 1. The van der Waals surface area contributed by atoms with Gasteiger partial charge >= 0.3 is 0 Å². The molecule has 0 aliphatic carbocycles. The van der Waals surface area contributed by atoms with Gasteiger partial charge in [0, 0.05) is 5.92 Å². The zero-order valence-electron chi connectivity index (χ0n) is 7.73. The summed E-state index contributed by atoms with van der Waals surface area (Å²) in [6.07, 6.45) is -0.332. The fourth-order valence-corrected chi connectivity index (χ4v) is 1.81. The van der Waals surface area contributed by atoms with E-state index in [9.17, 15) is 5.11 Å².